The quantitative estimate of drug-likeness (QED) is 0.128. The fraction of sp³-hybridized carbons (Fsp3) is 0.452. The highest BCUT2D eigenvalue weighted by Gasteiger charge is 2.53. The molecule has 19 heteroatoms. The summed E-state index contributed by atoms with van der Waals surface area (Å²) in [4.78, 5) is 76.9. The molecule has 3 amide bonds. The summed E-state index contributed by atoms with van der Waals surface area (Å²) in [6, 6.07) is 4.24. The first-order valence-electron chi connectivity index (χ1n) is 15.3. The number of thioether (sulfide) groups is 2. The maximum Gasteiger partial charge on any atom is 0.329 e. The molecule has 270 valence electrons. The van der Waals surface area contributed by atoms with Crippen molar-refractivity contribution >= 4 is 53.2 Å². The van der Waals surface area contributed by atoms with Crippen LogP contribution in [0.3, 0.4) is 0 Å². The topological polar surface area (TPSA) is 273 Å². The lowest BCUT2D eigenvalue weighted by atomic mass is 10.0. The molecule has 2 aliphatic heterocycles. The highest BCUT2D eigenvalue weighted by atomic mass is 32.2. The zero-order valence-electron chi connectivity index (χ0n) is 27.4. The minimum absolute atomic E-state index is 0.0577. The molecule has 2 fully saturated rings. The molecule has 0 aliphatic carbocycles. The number of benzene rings is 2. The maximum absolute atomic E-state index is 14.1. The molecular formula is C31H39N7O10S2. The number of nitrogens with two attached hydrogens (primary N) is 1. The van der Waals surface area contributed by atoms with Crippen molar-refractivity contribution in [2.24, 2.45) is 11.0 Å². The summed E-state index contributed by atoms with van der Waals surface area (Å²) in [5, 5.41) is 51.6. The summed E-state index contributed by atoms with van der Waals surface area (Å²) in [6.45, 7) is 6.32. The third-order valence-corrected chi connectivity index (χ3v) is 11.3. The van der Waals surface area contributed by atoms with E-state index in [0.29, 0.717) is 5.56 Å². The Morgan fingerprint density at radius 1 is 0.840 bits per heavy atom. The van der Waals surface area contributed by atoms with Crippen LogP contribution < -0.4 is 27.0 Å². The zero-order valence-corrected chi connectivity index (χ0v) is 29.0. The lowest BCUT2D eigenvalue weighted by Gasteiger charge is -2.28. The van der Waals surface area contributed by atoms with E-state index in [-0.39, 0.29) is 23.6 Å². The van der Waals surface area contributed by atoms with Gasteiger partial charge < -0.3 is 42.1 Å². The number of carbonyl (C=O) groups is 5. The number of nitroso groups, excluding NO2 is 1. The van der Waals surface area contributed by atoms with Crippen molar-refractivity contribution < 1.29 is 44.4 Å². The Morgan fingerprint density at radius 3 is 1.90 bits per heavy atom. The summed E-state index contributed by atoms with van der Waals surface area (Å²) in [5.74, 6) is -5.13. The number of phenols is 2. The van der Waals surface area contributed by atoms with Crippen LogP contribution in [0.4, 0.5) is 0 Å². The number of nitrogens with one attached hydrogen (secondary N) is 4. The Balaban J connectivity index is 1.62. The summed E-state index contributed by atoms with van der Waals surface area (Å²) in [7, 11) is 0. The van der Waals surface area contributed by atoms with Gasteiger partial charge in [0.2, 0.25) is 17.7 Å². The van der Waals surface area contributed by atoms with E-state index < -0.39 is 80.1 Å². The van der Waals surface area contributed by atoms with Gasteiger partial charge in [0, 0.05) is 16.0 Å². The summed E-state index contributed by atoms with van der Waals surface area (Å²) in [6.07, 6.45) is 0. The van der Waals surface area contributed by atoms with E-state index in [4.69, 9.17) is 5.73 Å². The fourth-order valence-electron chi connectivity index (χ4n) is 5.77. The molecule has 2 unspecified atom stereocenters. The van der Waals surface area contributed by atoms with E-state index in [1.165, 1.54) is 48.5 Å². The molecule has 2 aromatic carbocycles. The van der Waals surface area contributed by atoms with Gasteiger partial charge in [-0.1, -0.05) is 24.3 Å². The van der Waals surface area contributed by atoms with Crippen LogP contribution in [0.2, 0.25) is 0 Å². The first-order chi connectivity index (χ1) is 23.4. The lowest BCUT2D eigenvalue weighted by molar-refractivity contribution is -0.144. The van der Waals surface area contributed by atoms with Gasteiger partial charge in [0.25, 0.3) is 0 Å². The minimum Gasteiger partial charge on any atom is -0.508 e. The standard InChI is InChI=1S/C31H39N7O10S2/c1-30(2)22(28(44)45)36-27(50-30)21(35-24(41)19(32)14-5-9-16(39)10-6-14)26(43)34-20(15-7-11-17(40)12-8-15)25(42)33-13-18-38(37-48)23(29(46)47)31(3,4)49-18/h5-12,18-23,27,36,39-40H,13,32H2,1-4H3,(H,33,42)(H,34,43)(H,35,41)(H,44,45)(H,46,47)/t18?,19-,20-,21-,22+,23+,27?/m1/s1. The van der Waals surface area contributed by atoms with E-state index in [9.17, 15) is 49.3 Å². The molecule has 17 nitrogen and oxygen atoms in total. The molecule has 10 N–H and O–H groups in total. The van der Waals surface area contributed by atoms with Crippen molar-refractivity contribution in [1.82, 2.24) is 26.3 Å². The molecule has 0 spiro atoms. The third kappa shape index (κ3) is 8.40. The predicted molar refractivity (Wildman–Crippen MR) is 183 cm³/mol. The van der Waals surface area contributed by atoms with Crippen LogP contribution in [0, 0.1) is 4.91 Å². The molecule has 0 bridgehead atoms. The van der Waals surface area contributed by atoms with Crippen LogP contribution in [-0.4, -0.2) is 100 Å². The van der Waals surface area contributed by atoms with Crippen LogP contribution in [0.1, 0.15) is 50.9 Å². The van der Waals surface area contributed by atoms with E-state index >= 15 is 0 Å². The number of aliphatic carboxylic acids is 2. The number of rotatable bonds is 13. The van der Waals surface area contributed by atoms with Crippen molar-refractivity contribution in [2.45, 2.75) is 78.1 Å². The van der Waals surface area contributed by atoms with Crippen LogP contribution in [0.15, 0.2) is 53.8 Å². The molecule has 50 heavy (non-hydrogen) atoms. The van der Waals surface area contributed by atoms with Crippen molar-refractivity contribution in [2.75, 3.05) is 6.54 Å². The molecule has 2 heterocycles. The lowest BCUT2D eigenvalue weighted by Crippen LogP contribution is -2.59. The second kappa shape index (κ2) is 15.1. The monoisotopic (exact) mass is 733 g/mol. The van der Waals surface area contributed by atoms with Crippen LogP contribution in [0.25, 0.3) is 0 Å². The van der Waals surface area contributed by atoms with Gasteiger partial charge in [-0.15, -0.1) is 28.4 Å². The molecule has 0 saturated carbocycles. The normalized spacial score (nSPS) is 24.0. The number of phenolic OH excluding ortho intramolecular Hbond substituents is 2. The molecule has 7 atom stereocenters. The molecule has 2 aromatic rings. The van der Waals surface area contributed by atoms with E-state index in [2.05, 4.69) is 26.6 Å². The average Bonchev–Trinajstić information content (AvgIpc) is 3.52. The van der Waals surface area contributed by atoms with Crippen LogP contribution >= 0.6 is 23.5 Å². The molecule has 0 aromatic heterocycles. The van der Waals surface area contributed by atoms with Gasteiger partial charge in [0.15, 0.2) is 6.04 Å². The number of carboxylic acids is 2. The van der Waals surface area contributed by atoms with Gasteiger partial charge in [-0.2, -0.15) is 0 Å². The number of hydrogen-bond acceptors (Lipinski definition) is 13. The predicted octanol–water partition coefficient (Wildman–Crippen LogP) is 0.739. The Labute approximate surface area is 295 Å². The smallest absolute Gasteiger partial charge is 0.329 e. The van der Waals surface area contributed by atoms with Crippen LogP contribution in [0.5, 0.6) is 11.5 Å². The largest absolute Gasteiger partial charge is 0.508 e. The number of aromatic hydroxyl groups is 2. The highest BCUT2D eigenvalue weighted by molar-refractivity contribution is 8.01. The molecule has 2 aliphatic rings. The summed E-state index contributed by atoms with van der Waals surface area (Å²) < 4.78 is -1.88. The van der Waals surface area contributed by atoms with Gasteiger partial charge in [0.1, 0.15) is 41.0 Å². The Hall–Kier alpha value is -4.59. The molecule has 2 saturated heterocycles. The van der Waals surface area contributed by atoms with E-state index in [1.807, 2.05) is 0 Å². The van der Waals surface area contributed by atoms with Gasteiger partial charge in [-0.05, 0) is 63.1 Å². The van der Waals surface area contributed by atoms with Crippen molar-refractivity contribution in [3.05, 3.63) is 64.6 Å². The number of carboxylic acid groups (broad SMARTS) is 2. The van der Waals surface area contributed by atoms with Crippen molar-refractivity contribution in [3.8, 4) is 11.5 Å². The third-order valence-electron chi connectivity index (χ3n) is 8.33. The number of hydrogen-bond donors (Lipinski definition) is 9. The summed E-state index contributed by atoms with van der Waals surface area (Å²) >= 11 is 2.20. The molecule has 4 rings (SSSR count). The van der Waals surface area contributed by atoms with Gasteiger partial charge in [0.05, 0.1) is 10.7 Å². The highest BCUT2D eigenvalue weighted by Crippen LogP contribution is 2.44. The number of carbonyl (C=O) groups excluding carboxylic acids is 3. The van der Waals surface area contributed by atoms with Crippen LogP contribution in [-0.2, 0) is 24.0 Å². The maximum atomic E-state index is 14.1. The fourth-order valence-corrected chi connectivity index (χ4v) is 8.74. The number of nitrogens with zero attached hydrogens (tertiary/aromatic N) is 2. The van der Waals surface area contributed by atoms with Crippen molar-refractivity contribution in [3.63, 3.8) is 0 Å². The van der Waals surface area contributed by atoms with E-state index in [1.54, 1.807) is 27.7 Å². The summed E-state index contributed by atoms with van der Waals surface area (Å²) in [5.41, 5.74) is 6.71. The number of amides is 3. The van der Waals surface area contributed by atoms with Crippen molar-refractivity contribution in [1.29, 1.82) is 0 Å². The Morgan fingerprint density at radius 2 is 1.40 bits per heavy atom. The van der Waals surface area contributed by atoms with Gasteiger partial charge in [-0.25, -0.2) is 9.80 Å². The SMILES string of the molecule is CC1(C)SC(CNC(=O)[C@H](NC(=O)[C@@H](NC(=O)[C@H](N)c2ccc(O)cc2)C2N[C@@H](C(=O)O)C(C)(C)S2)c2ccc(O)cc2)N(N=O)[C@H]1C(=O)O. The minimum atomic E-state index is -1.48. The van der Waals surface area contributed by atoms with Gasteiger partial charge >= 0.3 is 11.9 Å². The second-order valence-corrected chi connectivity index (χ2v) is 16.4. The zero-order chi connectivity index (χ0) is 37.1. The first-order valence-corrected chi connectivity index (χ1v) is 17.0. The first kappa shape index (κ1) is 38.2. The molecular weight excluding hydrogens is 695 g/mol. The Kier molecular flexibility index (Phi) is 11.6. The average molecular weight is 734 g/mol. The van der Waals surface area contributed by atoms with Gasteiger partial charge in [-0.3, -0.25) is 24.5 Å². The Bertz CT molecular complexity index is 1630. The second-order valence-electron chi connectivity index (χ2n) is 12.8. The molecule has 0 radical (unpaired) electrons. The van der Waals surface area contributed by atoms with E-state index in [0.717, 1.165) is 28.5 Å².